The molecule has 0 bridgehead atoms. The normalized spacial score (nSPS) is 10.5. The predicted molar refractivity (Wildman–Crippen MR) is 58.7 cm³/mol. The monoisotopic (exact) mass is 207 g/mol. The number of ether oxygens (including phenoxy) is 1. The fraction of sp³-hybridized carbons (Fsp3) is 0.200. The highest BCUT2D eigenvalue weighted by atomic mass is 16.5. The number of hydrogen-bond donors (Lipinski definition) is 2. The molecule has 0 spiro atoms. The minimum absolute atomic E-state index is 0.281. The first-order chi connectivity index (χ1) is 7.13. The number of carbonyl (C=O) groups is 1. The topological polar surface area (TPSA) is 91.2 Å². The number of aromatic nitrogens is 1. The molecule has 0 aliphatic heterocycles. The maximum absolute atomic E-state index is 11.0. The van der Waals surface area contributed by atoms with Crippen molar-refractivity contribution in [3.05, 3.63) is 23.9 Å². The highest BCUT2D eigenvalue weighted by Crippen LogP contribution is 2.13. The lowest BCUT2D eigenvalue weighted by atomic mass is 10.2. The Morgan fingerprint density at radius 2 is 2.33 bits per heavy atom. The van der Waals surface area contributed by atoms with Gasteiger partial charge in [0.25, 0.3) is 0 Å². The van der Waals surface area contributed by atoms with Gasteiger partial charge in [-0.2, -0.15) is 0 Å². The van der Waals surface area contributed by atoms with Crippen molar-refractivity contribution >= 4 is 23.6 Å². The number of anilines is 2. The lowest BCUT2D eigenvalue weighted by molar-refractivity contribution is -0.137. The highest BCUT2D eigenvalue weighted by molar-refractivity contribution is 5.87. The Balaban J connectivity index is 2.72. The van der Waals surface area contributed by atoms with Gasteiger partial charge < -0.3 is 16.2 Å². The standard InChI is InChI=1S/C10H13N3O2/c1-2-15-9(14)4-3-7-5-8(11)10(12)13-6-7/h3-6H,2,11H2,1H3,(H2,12,13). The molecule has 15 heavy (non-hydrogen) atoms. The molecule has 0 aliphatic carbocycles. The number of nitrogens with two attached hydrogens (primary N) is 2. The first kappa shape index (κ1) is 11.0. The van der Waals surface area contributed by atoms with Gasteiger partial charge in [-0.3, -0.25) is 0 Å². The van der Waals surface area contributed by atoms with Crippen molar-refractivity contribution in [1.29, 1.82) is 0 Å². The minimum Gasteiger partial charge on any atom is -0.463 e. The third-order valence-corrected chi connectivity index (χ3v) is 1.67. The Labute approximate surface area is 87.7 Å². The number of carbonyl (C=O) groups excluding carboxylic acids is 1. The fourth-order valence-electron chi connectivity index (χ4n) is 0.955. The van der Waals surface area contributed by atoms with Gasteiger partial charge in [0.2, 0.25) is 0 Å². The van der Waals surface area contributed by atoms with E-state index in [4.69, 9.17) is 16.2 Å². The van der Waals surface area contributed by atoms with Crippen LogP contribution in [0.3, 0.4) is 0 Å². The van der Waals surface area contributed by atoms with Crippen LogP contribution in [0.5, 0.6) is 0 Å². The molecule has 0 unspecified atom stereocenters. The molecule has 1 rings (SSSR count). The maximum Gasteiger partial charge on any atom is 0.330 e. The van der Waals surface area contributed by atoms with E-state index in [-0.39, 0.29) is 5.82 Å². The van der Waals surface area contributed by atoms with E-state index in [9.17, 15) is 4.79 Å². The van der Waals surface area contributed by atoms with Gasteiger partial charge in [-0.05, 0) is 24.6 Å². The fourth-order valence-corrected chi connectivity index (χ4v) is 0.955. The van der Waals surface area contributed by atoms with E-state index in [0.717, 1.165) is 0 Å². The number of hydrogen-bond acceptors (Lipinski definition) is 5. The van der Waals surface area contributed by atoms with Gasteiger partial charge in [0.1, 0.15) is 5.82 Å². The molecule has 0 aliphatic rings. The first-order valence-electron chi connectivity index (χ1n) is 4.49. The van der Waals surface area contributed by atoms with Crippen LogP contribution in [0.15, 0.2) is 18.3 Å². The number of nitrogens with zero attached hydrogens (tertiary/aromatic N) is 1. The molecule has 0 saturated heterocycles. The zero-order chi connectivity index (χ0) is 11.3. The molecule has 5 heteroatoms. The molecular formula is C10H13N3O2. The van der Waals surface area contributed by atoms with E-state index >= 15 is 0 Å². The van der Waals surface area contributed by atoms with Crippen molar-refractivity contribution in [2.75, 3.05) is 18.1 Å². The Morgan fingerprint density at radius 1 is 1.60 bits per heavy atom. The molecule has 0 amide bonds. The summed E-state index contributed by atoms with van der Waals surface area (Å²) in [6, 6.07) is 1.64. The summed E-state index contributed by atoms with van der Waals surface area (Å²) >= 11 is 0. The van der Waals surface area contributed by atoms with Crippen LogP contribution >= 0.6 is 0 Å². The lowest BCUT2D eigenvalue weighted by Gasteiger charge is -1.99. The second-order valence-corrected chi connectivity index (χ2v) is 2.83. The number of esters is 1. The van der Waals surface area contributed by atoms with Gasteiger partial charge in [-0.25, -0.2) is 9.78 Å². The highest BCUT2D eigenvalue weighted by Gasteiger charge is 1.97. The summed E-state index contributed by atoms with van der Waals surface area (Å²) in [7, 11) is 0. The first-order valence-corrected chi connectivity index (χ1v) is 4.49. The molecule has 1 heterocycles. The zero-order valence-electron chi connectivity index (χ0n) is 8.43. The van der Waals surface area contributed by atoms with Crippen LogP contribution in [0.2, 0.25) is 0 Å². The molecule has 0 atom stereocenters. The van der Waals surface area contributed by atoms with Crippen LogP contribution in [0, 0.1) is 0 Å². The summed E-state index contributed by atoms with van der Waals surface area (Å²) in [5.74, 6) is -0.115. The van der Waals surface area contributed by atoms with E-state index in [1.54, 1.807) is 19.1 Å². The second kappa shape index (κ2) is 4.99. The summed E-state index contributed by atoms with van der Waals surface area (Å²) < 4.78 is 4.72. The van der Waals surface area contributed by atoms with Gasteiger partial charge in [0.15, 0.2) is 0 Å². The Hall–Kier alpha value is -2.04. The third kappa shape index (κ3) is 3.30. The van der Waals surface area contributed by atoms with Crippen LogP contribution in [0.4, 0.5) is 11.5 Å². The Bertz CT molecular complexity index is 388. The lowest BCUT2D eigenvalue weighted by Crippen LogP contribution is -1.99. The van der Waals surface area contributed by atoms with Gasteiger partial charge in [-0.15, -0.1) is 0 Å². The minimum atomic E-state index is -0.395. The van der Waals surface area contributed by atoms with E-state index in [2.05, 4.69) is 4.98 Å². The number of nitrogen functional groups attached to an aromatic ring is 2. The zero-order valence-corrected chi connectivity index (χ0v) is 8.43. The van der Waals surface area contributed by atoms with E-state index in [0.29, 0.717) is 17.9 Å². The van der Waals surface area contributed by atoms with Crippen LogP contribution in [0.1, 0.15) is 12.5 Å². The van der Waals surface area contributed by atoms with E-state index in [1.807, 2.05) is 0 Å². The second-order valence-electron chi connectivity index (χ2n) is 2.83. The molecule has 0 saturated carbocycles. The van der Waals surface area contributed by atoms with Gasteiger partial charge in [0.05, 0.1) is 12.3 Å². The van der Waals surface area contributed by atoms with Crippen LogP contribution in [-0.4, -0.2) is 17.6 Å². The van der Waals surface area contributed by atoms with Crippen molar-refractivity contribution in [3.63, 3.8) is 0 Å². The summed E-state index contributed by atoms with van der Waals surface area (Å²) in [5.41, 5.74) is 12.1. The summed E-state index contributed by atoms with van der Waals surface area (Å²) in [5, 5.41) is 0. The number of rotatable bonds is 3. The molecule has 1 aromatic heterocycles. The molecule has 80 valence electrons. The molecule has 0 fully saturated rings. The van der Waals surface area contributed by atoms with E-state index in [1.165, 1.54) is 12.3 Å². The number of pyridine rings is 1. The van der Waals surface area contributed by atoms with Gasteiger partial charge in [0, 0.05) is 12.3 Å². The van der Waals surface area contributed by atoms with Crippen LogP contribution in [-0.2, 0) is 9.53 Å². The molecule has 5 nitrogen and oxygen atoms in total. The quantitative estimate of drug-likeness (QED) is 0.565. The van der Waals surface area contributed by atoms with Gasteiger partial charge in [-0.1, -0.05) is 0 Å². The van der Waals surface area contributed by atoms with Crippen molar-refractivity contribution < 1.29 is 9.53 Å². The molecular weight excluding hydrogens is 194 g/mol. The van der Waals surface area contributed by atoms with Crippen molar-refractivity contribution in [1.82, 2.24) is 4.98 Å². The van der Waals surface area contributed by atoms with Crippen molar-refractivity contribution in [3.8, 4) is 0 Å². The molecule has 0 aromatic carbocycles. The summed E-state index contributed by atoms with van der Waals surface area (Å²) in [6.45, 7) is 2.10. The van der Waals surface area contributed by atoms with Crippen LogP contribution in [0.25, 0.3) is 6.08 Å². The summed E-state index contributed by atoms with van der Waals surface area (Å²) in [4.78, 5) is 14.8. The Kier molecular flexibility index (Phi) is 3.68. The SMILES string of the molecule is CCOC(=O)C=Cc1cnc(N)c(N)c1. The van der Waals surface area contributed by atoms with E-state index < -0.39 is 5.97 Å². The largest absolute Gasteiger partial charge is 0.463 e. The molecule has 0 radical (unpaired) electrons. The average Bonchev–Trinajstić information content (AvgIpc) is 2.20. The Morgan fingerprint density at radius 3 is 2.93 bits per heavy atom. The average molecular weight is 207 g/mol. The smallest absolute Gasteiger partial charge is 0.330 e. The molecule has 1 aromatic rings. The predicted octanol–water partition coefficient (Wildman–Crippen LogP) is 0.822. The third-order valence-electron chi connectivity index (χ3n) is 1.67. The van der Waals surface area contributed by atoms with Crippen molar-refractivity contribution in [2.45, 2.75) is 6.92 Å². The van der Waals surface area contributed by atoms with Crippen molar-refractivity contribution in [2.24, 2.45) is 0 Å². The van der Waals surface area contributed by atoms with Gasteiger partial charge >= 0.3 is 5.97 Å². The van der Waals surface area contributed by atoms with Crippen LogP contribution < -0.4 is 11.5 Å². The molecule has 4 N–H and O–H groups in total. The summed E-state index contributed by atoms with van der Waals surface area (Å²) in [6.07, 6.45) is 4.42. The maximum atomic E-state index is 11.0.